The van der Waals surface area contributed by atoms with Crippen LogP contribution in [0, 0.1) is 0 Å². The highest BCUT2D eigenvalue weighted by atomic mass is 16.4. The lowest BCUT2D eigenvalue weighted by Crippen LogP contribution is -1.84. The van der Waals surface area contributed by atoms with Crippen molar-refractivity contribution in [2.45, 2.75) is 0 Å². The van der Waals surface area contributed by atoms with E-state index in [2.05, 4.69) is 25.1 Å². The molecule has 19 heavy (non-hydrogen) atoms. The zero-order valence-corrected chi connectivity index (χ0v) is 9.66. The summed E-state index contributed by atoms with van der Waals surface area (Å²) in [6.45, 7) is 0. The minimum Gasteiger partial charge on any atom is -0.424 e. The smallest absolute Gasteiger partial charge is 0.293 e. The molecule has 0 atom stereocenters. The third kappa shape index (κ3) is 1.38. The normalized spacial score (nSPS) is 11.4. The maximum atomic E-state index is 5.59. The van der Waals surface area contributed by atoms with Crippen molar-refractivity contribution in [2.24, 2.45) is 0 Å². The molecule has 3 heterocycles. The average molecular weight is 252 g/mol. The molecule has 0 aliphatic carbocycles. The Morgan fingerprint density at radius 2 is 2.21 bits per heavy atom. The number of hydrogen-bond donors (Lipinski definition) is 2. The van der Waals surface area contributed by atoms with Crippen LogP contribution >= 0.6 is 0 Å². The molecule has 0 unspecified atom stereocenters. The first-order valence-electron chi connectivity index (χ1n) is 5.62. The zero-order chi connectivity index (χ0) is 12.8. The van der Waals surface area contributed by atoms with Crippen molar-refractivity contribution in [1.82, 2.24) is 25.1 Å². The summed E-state index contributed by atoms with van der Waals surface area (Å²) in [5, 5.41) is 7.97. The Labute approximate surface area is 106 Å². The molecule has 0 amide bonds. The molecule has 0 aliphatic rings. The van der Waals surface area contributed by atoms with Gasteiger partial charge in [0.2, 0.25) is 0 Å². The van der Waals surface area contributed by atoms with Crippen molar-refractivity contribution in [3.8, 4) is 11.3 Å². The molecule has 0 spiro atoms. The summed E-state index contributed by atoms with van der Waals surface area (Å²) < 4.78 is 5.32. The standard InChI is InChI=1S/C12H8N6O/c13-12-16-10-6(2-1-3-8(10)19-12)9-7-4-14-5-15-11(7)18-17-9/h1-5H,(H2,13,16)(H,14,15,17,18). The van der Waals surface area contributed by atoms with Crippen LogP contribution in [0.25, 0.3) is 33.4 Å². The summed E-state index contributed by atoms with van der Waals surface area (Å²) in [5.74, 6) is 0. The third-order valence-corrected chi connectivity index (χ3v) is 2.93. The number of H-pyrrole nitrogens is 1. The average Bonchev–Trinajstić information content (AvgIpc) is 3.00. The SMILES string of the molecule is Nc1nc2c(-c3n[nH]c4ncncc34)cccc2o1. The summed E-state index contributed by atoms with van der Waals surface area (Å²) in [5.41, 5.74) is 9.14. The van der Waals surface area contributed by atoms with Crippen LogP contribution < -0.4 is 5.73 Å². The van der Waals surface area contributed by atoms with Crippen molar-refractivity contribution in [2.75, 3.05) is 5.73 Å². The molecule has 7 heteroatoms. The number of para-hydroxylation sites is 1. The minimum atomic E-state index is 0.138. The number of nitrogens with zero attached hydrogens (tertiary/aromatic N) is 4. The van der Waals surface area contributed by atoms with Gasteiger partial charge in [-0.3, -0.25) is 5.10 Å². The predicted octanol–water partition coefficient (Wildman–Crippen LogP) is 1.74. The Bertz CT molecular complexity index is 893. The molecule has 0 fully saturated rings. The van der Waals surface area contributed by atoms with E-state index < -0.39 is 0 Å². The van der Waals surface area contributed by atoms with Gasteiger partial charge in [0.1, 0.15) is 17.5 Å². The highest BCUT2D eigenvalue weighted by Crippen LogP contribution is 2.31. The zero-order valence-electron chi connectivity index (χ0n) is 9.66. The number of rotatable bonds is 1. The number of hydrogen-bond acceptors (Lipinski definition) is 6. The quantitative estimate of drug-likeness (QED) is 0.534. The van der Waals surface area contributed by atoms with E-state index in [4.69, 9.17) is 10.2 Å². The summed E-state index contributed by atoms with van der Waals surface area (Å²) >= 11 is 0. The lowest BCUT2D eigenvalue weighted by atomic mass is 10.1. The molecule has 4 aromatic rings. The van der Waals surface area contributed by atoms with Crippen LogP contribution in [-0.2, 0) is 0 Å². The van der Waals surface area contributed by atoms with E-state index >= 15 is 0 Å². The van der Waals surface area contributed by atoms with Gasteiger partial charge < -0.3 is 10.2 Å². The first kappa shape index (κ1) is 10.0. The molecular weight excluding hydrogens is 244 g/mol. The van der Waals surface area contributed by atoms with Crippen LogP contribution in [0.3, 0.4) is 0 Å². The van der Waals surface area contributed by atoms with E-state index in [9.17, 15) is 0 Å². The summed E-state index contributed by atoms with van der Waals surface area (Å²) in [4.78, 5) is 12.3. The Morgan fingerprint density at radius 3 is 3.16 bits per heavy atom. The van der Waals surface area contributed by atoms with Crippen LogP contribution in [0.4, 0.5) is 6.01 Å². The number of oxazole rings is 1. The van der Waals surface area contributed by atoms with Crippen LogP contribution in [0.15, 0.2) is 35.1 Å². The largest absolute Gasteiger partial charge is 0.424 e. The molecule has 0 saturated heterocycles. The van der Waals surface area contributed by atoms with Crippen molar-refractivity contribution >= 4 is 28.1 Å². The van der Waals surface area contributed by atoms with Gasteiger partial charge in [0.15, 0.2) is 11.2 Å². The van der Waals surface area contributed by atoms with Crippen molar-refractivity contribution in [1.29, 1.82) is 0 Å². The van der Waals surface area contributed by atoms with Gasteiger partial charge in [-0.15, -0.1) is 0 Å². The summed E-state index contributed by atoms with van der Waals surface area (Å²) in [6.07, 6.45) is 3.18. The lowest BCUT2D eigenvalue weighted by molar-refractivity contribution is 0.626. The number of aromatic amines is 1. The summed E-state index contributed by atoms with van der Waals surface area (Å²) in [7, 11) is 0. The number of anilines is 1. The second-order valence-corrected chi connectivity index (χ2v) is 4.06. The fourth-order valence-electron chi connectivity index (χ4n) is 2.12. The van der Waals surface area contributed by atoms with Gasteiger partial charge in [-0.25, -0.2) is 9.97 Å². The van der Waals surface area contributed by atoms with Crippen molar-refractivity contribution in [3.05, 3.63) is 30.7 Å². The minimum absolute atomic E-state index is 0.138. The van der Waals surface area contributed by atoms with Crippen molar-refractivity contribution < 1.29 is 4.42 Å². The maximum absolute atomic E-state index is 5.59. The number of nitrogen functional groups attached to an aromatic ring is 1. The molecule has 7 nitrogen and oxygen atoms in total. The molecule has 0 bridgehead atoms. The Balaban J connectivity index is 2.09. The highest BCUT2D eigenvalue weighted by Gasteiger charge is 2.15. The van der Waals surface area contributed by atoms with Crippen molar-refractivity contribution in [3.63, 3.8) is 0 Å². The molecule has 1 aromatic carbocycles. The second-order valence-electron chi connectivity index (χ2n) is 4.06. The first-order chi connectivity index (χ1) is 9.33. The van der Waals surface area contributed by atoms with E-state index in [1.54, 1.807) is 6.20 Å². The molecule has 0 saturated carbocycles. The van der Waals surface area contributed by atoms with E-state index in [1.807, 2.05) is 18.2 Å². The molecule has 3 aromatic heterocycles. The maximum Gasteiger partial charge on any atom is 0.293 e. The van der Waals surface area contributed by atoms with E-state index in [0.29, 0.717) is 16.7 Å². The summed E-state index contributed by atoms with van der Waals surface area (Å²) in [6, 6.07) is 5.73. The highest BCUT2D eigenvalue weighted by molar-refractivity contribution is 5.99. The second kappa shape index (κ2) is 3.52. The van der Waals surface area contributed by atoms with Gasteiger partial charge in [-0.2, -0.15) is 10.1 Å². The number of fused-ring (bicyclic) bond motifs is 2. The van der Waals surface area contributed by atoms with E-state index in [0.717, 1.165) is 16.6 Å². The topological polar surface area (TPSA) is 107 Å². The lowest BCUT2D eigenvalue weighted by Gasteiger charge is -1.97. The molecule has 4 rings (SSSR count). The van der Waals surface area contributed by atoms with Crippen LogP contribution in [0.2, 0.25) is 0 Å². The van der Waals surface area contributed by atoms with Gasteiger partial charge >= 0.3 is 0 Å². The number of aromatic nitrogens is 5. The molecular formula is C12H8N6O. The Kier molecular flexibility index (Phi) is 1.85. The first-order valence-corrected chi connectivity index (χ1v) is 5.62. The Morgan fingerprint density at radius 1 is 1.26 bits per heavy atom. The number of nitrogens with one attached hydrogen (secondary N) is 1. The van der Waals surface area contributed by atoms with Crippen LogP contribution in [-0.4, -0.2) is 25.1 Å². The molecule has 0 aliphatic heterocycles. The van der Waals surface area contributed by atoms with Crippen LogP contribution in [0.5, 0.6) is 0 Å². The monoisotopic (exact) mass is 252 g/mol. The predicted molar refractivity (Wildman–Crippen MR) is 69.1 cm³/mol. The van der Waals surface area contributed by atoms with Crippen LogP contribution in [0.1, 0.15) is 0 Å². The van der Waals surface area contributed by atoms with E-state index in [1.165, 1.54) is 6.33 Å². The fourth-order valence-corrected chi connectivity index (χ4v) is 2.12. The molecule has 92 valence electrons. The fraction of sp³-hybridized carbons (Fsp3) is 0. The number of nitrogens with two attached hydrogens (primary N) is 1. The molecule has 3 N–H and O–H groups in total. The number of benzene rings is 1. The van der Waals surface area contributed by atoms with Gasteiger partial charge in [0, 0.05) is 11.8 Å². The Hall–Kier alpha value is -2.96. The van der Waals surface area contributed by atoms with Gasteiger partial charge in [-0.05, 0) is 6.07 Å². The van der Waals surface area contributed by atoms with Gasteiger partial charge in [-0.1, -0.05) is 12.1 Å². The van der Waals surface area contributed by atoms with E-state index in [-0.39, 0.29) is 6.01 Å². The molecule has 0 radical (unpaired) electrons. The van der Waals surface area contributed by atoms with Gasteiger partial charge in [0.25, 0.3) is 6.01 Å². The third-order valence-electron chi connectivity index (χ3n) is 2.93. The van der Waals surface area contributed by atoms with Gasteiger partial charge in [0.05, 0.1) is 5.39 Å².